The van der Waals surface area contributed by atoms with Crippen LogP contribution in [0.1, 0.15) is 16.8 Å². The summed E-state index contributed by atoms with van der Waals surface area (Å²) in [4.78, 5) is 9.91. The lowest BCUT2D eigenvalue weighted by atomic mass is 10.2. The van der Waals surface area contributed by atoms with E-state index in [0.717, 1.165) is 25.5 Å². The summed E-state index contributed by atoms with van der Waals surface area (Å²) in [5.41, 5.74) is 3.74. The number of nitrogens with one attached hydrogen (secondary N) is 2. The molecule has 0 aliphatic carbocycles. The molecule has 5 heteroatoms. The maximum Gasteiger partial charge on any atom is 0.199 e. The van der Waals surface area contributed by atoms with Gasteiger partial charge in [0.1, 0.15) is 5.82 Å². The molecule has 1 aliphatic rings. The van der Waals surface area contributed by atoms with E-state index in [-0.39, 0.29) is 0 Å². The van der Waals surface area contributed by atoms with Crippen LogP contribution in [0.3, 0.4) is 0 Å². The van der Waals surface area contributed by atoms with Crippen molar-refractivity contribution in [1.29, 1.82) is 0 Å². The standard InChI is InChI=1S/C14H16N4S/c1-15-13-11-8-18(7-10-5-3-2-4-6-10)9-12(11)16-14(19)17-13/h2-6H,7-9H2,1H3,(H2,15,16,17,19). The molecule has 0 radical (unpaired) electrons. The number of hydrogen-bond acceptors (Lipinski definition) is 4. The summed E-state index contributed by atoms with van der Waals surface area (Å²) < 4.78 is 0.546. The molecule has 2 N–H and O–H groups in total. The third-order valence-electron chi connectivity index (χ3n) is 3.37. The van der Waals surface area contributed by atoms with Crippen molar-refractivity contribution >= 4 is 18.0 Å². The maximum atomic E-state index is 5.15. The maximum absolute atomic E-state index is 5.15. The summed E-state index contributed by atoms with van der Waals surface area (Å²) in [7, 11) is 1.89. The minimum absolute atomic E-state index is 0.546. The topological polar surface area (TPSA) is 44.0 Å². The summed E-state index contributed by atoms with van der Waals surface area (Å²) in [5.74, 6) is 0.898. The molecular weight excluding hydrogens is 256 g/mol. The first-order valence-corrected chi connectivity index (χ1v) is 6.73. The van der Waals surface area contributed by atoms with Crippen LogP contribution in [0, 0.1) is 4.77 Å². The quantitative estimate of drug-likeness (QED) is 0.843. The van der Waals surface area contributed by atoms with Gasteiger partial charge >= 0.3 is 0 Å². The fourth-order valence-electron chi connectivity index (χ4n) is 2.51. The van der Waals surface area contributed by atoms with Crippen LogP contribution >= 0.6 is 12.2 Å². The molecule has 3 rings (SSSR count). The summed E-state index contributed by atoms with van der Waals surface area (Å²) >= 11 is 5.15. The Bertz CT molecular complexity index is 636. The molecule has 0 saturated heterocycles. The smallest absolute Gasteiger partial charge is 0.199 e. The van der Waals surface area contributed by atoms with Crippen molar-refractivity contribution in [3.8, 4) is 0 Å². The second kappa shape index (κ2) is 5.11. The van der Waals surface area contributed by atoms with Gasteiger partial charge in [0.05, 0.1) is 0 Å². The van der Waals surface area contributed by atoms with Crippen molar-refractivity contribution < 1.29 is 0 Å². The monoisotopic (exact) mass is 272 g/mol. The highest BCUT2D eigenvalue weighted by atomic mass is 32.1. The molecule has 0 saturated carbocycles. The van der Waals surface area contributed by atoms with Crippen molar-refractivity contribution in [2.24, 2.45) is 0 Å². The van der Waals surface area contributed by atoms with Gasteiger partial charge in [-0.15, -0.1) is 0 Å². The predicted octanol–water partition coefficient (Wildman–Crippen LogP) is 2.70. The first kappa shape index (κ1) is 12.3. The highest BCUT2D eigenvalue weighted by Crippen LogP contribution is 2.27. The van der Waals surface area contributed by atoms with Crippen molar-refractivity contribution in [2.45, 2.75) is 19.6 Å². The van der Waals surface area contributed by atoms with Crippen molar-refractivity contribution in [3.05, 3.63) is 51.9 Å². The Morgan fingerprint density at radius 3 is 2.84 bits per heavy atom. The lowest BCUT2D eigenvalue weighted by Gasteiger charge is -2.14. The number of aromatic amines is 1. The molecule has 2 heterocycles. The minimum atomic E-state index is 0.546. The molecule has 19 heavy (non-hydrogen) atoms. The number of anilines is 1. The number of nitrogens with zero attached hydrogens (tertiary/aromatic N) is 2. The Balaban J connectivity index is 1.83. The number of fused-ring (bicyclic) bond motifs is 1. The summed E-state index contributed by atoms with van der Waals surface area (Å²) in [6, 6.07) is 10.5. The zero-order chi connectivity index (χ0) is 13.2. The van der Waals surface area contributed by atoms with Crippen LogP contribution in [0.5, 0.6) is 0 Å². The number of aromatic nitrogens is 2. The molecular formula is C14H16N4S. The number of hydrogen-bond donors (Lipinski definition) is 2. The minimum Gasteiger partial charge on any atom is -0.373 e. The van der Waals surface area contributed by atoms with Crippen molar-refractivity contribution in [2.75, 3.05) is 12.4 Å². The average molecular weight is 272 g/mol. The van der Waals surface area contributed by atoms with Crippen molar-refractivity contribution in [3.63, 3.8) is 0 Å². The van der Waals surface area contributed by atoms with Crippen LogP contribution in [0.25, 0.3) is 0 Å². The highest BCUT2D eigenvalue weighted by molar-refractivity contribution is 7.71. The van der Waals surface area contributed by atoms with Gasteiger partial charge in [-0.3, -0.25) is 4.90 Å². The van der Waals surface area contributed by atoms with Gasteiger partial charge in [-0.1, -0.05) is 30.3 Å². The Hall–Kier alpha value is -1.72. The van der Waals surface area contributed by atoms with Gasteiger partial charge in [0, 0.05) is 37.9 Å². The molecule has 0 fully saturated rings. The second-order valence-electron chi connectivity index (χ2n) is 4.73. The molecule has 98 valence electrons. The fraction of sp³-hybridized carbons (Fsp3) is 0.286. The Labute approximate surface area is 117 Å². The normalized spacial score (nSPS) is 14.4. The van der Waals surface area contributed by atoms with E-state index in [0.29, 0.717) is 4.77 Å². The molecule has 1 aliphatic heterocycles. The SMILES string of the molecule is CNc1nc(=S)[nH]c2c1CN(Cc1ccccc1)C2. The van der Waals surface area contributed by atoms with Gasteiger partial charge in [-0.25, -0.2) is 4.98 Å². The molecule has 0 spiro atoms. The van der Waals surface area contributed by atoms with Crippen LogP contribution < -0.4 is 5.32 Å². The van der Waals surface area contributed by atoms with Crippen LogP contribution in [-0.4, -0.2) is 21.9 Å². The molecule has 0 bridgehead atoms. The van der Waals surface area contributed by atoms with E-state index in [4.69, 9.17) is 12.2 Å². The summed E-state index contributed by atoms with van der Waals surface area (Å²) in [5, 5.41) is 3.13. The molecule has 1 aromatic carbocycles. The fourth-order valence-corrected chi connectivity index (χ4v) is 2.73. The Morgan fingerprint density at radius 2 is 2.11 bits per heavy atom. The zero-order valence-electron chi connectivity index (χ0n) is 10.8. The third-order valence-corrected chi connectivity index (χ3v) is 3.56. The van der Waals surface area contributed by atoms with E-state index in [9.17, 15) is 0 Å². The second-order valence-corrected chi connectivity index (χ2v) is 5.12. The van der Waals surface area contributed by atoms with E-state index < -0.39 is 0 Å². The van der Waals surface area contributed by atoms with Crippen LogP contribution in [0.2, 0.25) is 0 Å². The van der Waals surface area contributed by atoms with Crippen LogP contribution in [-0.2, 0) is 19.6 Å². The number of benzene rings is 1. The van der Waals surface area contributed by atoms with E-state index in [2.05, 4.69) is 44.5 Å². The lowest BCUT2D eigenvalue weighted by molar-refractivity contribution is 0.274. The lowest BCUT2D eigenvalue weighted by Crippen LogP contribution is -2.15. The zero-order valence-corrected chi connectivity index (χ0v) is 11.6. The highest BCUT2D eigenvalue weighted by Gasteiger charge is 2.23. The Morgan fingerprint density at radius 1 is 1.32 bits per heavy atom. The van der Waals surface area contributed by atoms with E-state index in [1.165, 1.54) is 16.8 Å². The predicted molar refractivity (Wildman–Crippen MR) is 78.4 cm³/mol. The van der Waals surface area contributed by atoms with E-state index in [1.807, 2.05) is 13.1 Å². The summed E-state index contributed by atoms with van der Waals surface area (Å²) in [6.45, 7) is 2.74. The largest absolute Gasteiger partial charge is 0.373 e. The molecule has 0 atom stereocenters. The molecule has 2 aromatic rings. The van der Waals surface area contributed by atoms with Crippen LogP contribution in [0.15, 0.2) is 30.3 Å². The summed E-state index contributed by atoms with van der Waals surface area (Å²) in [6.07, 6.45) is 0. The van der Waals surface area contributed by atoms with E-state index in [1.54, 1.807) is 0 Å². The van der Waals surface area contributed by atoms with Crippen LogP contribution in [0.4, 0.5) is 5.82 Å². The Kier molecular flexibility index (Phi) is 3.31. The molecule has 1 aromatic heterocycles. The first-order valence-electron chi connectivity index (χ1n) is 6.32. The number of rotatable bonds is 3. The molecule has 0 unspecified atom stereocenters. The van der Waals surface area contributed by atoms with Gasteiger partial charge in [-0.2, -0.15) is 0 Å². The third kappa shape index (κ3) is 2.52. The molecule has 4 nitrogen and oxygen atoms in total. The first-order chi connectivity index (χ1) is 9.26. The molecule has 0 amide bonds. The van der Waals surface area contributed by atoms with Gasteiger partial charge in [0.2, 0.25) is 0 Å². The van der Waals surface area contributed by atoms with Crippen molar-refractivity contribution in [1.82, 2.24) is 14.9 Å². The number of H-pyrrole nitrogens is 1. The van der Waals surface area contributed by atoms with Gasteiger partial charge in [-0.05, 0) is 17.8 Å². The average Bonchev–Trinajstić information content (AvgIpc) is 2.81. The van der Waals surface area contributed by atoms with Gasteiger partial charge in [0.15, 0.2) is 4.77 Å². The van der Waals surface area contributed by atoms with E-state index >= 15 is 0 Å². The van der Waals surface area contributed by atoms with Gasteiger partial charge < -0.3 is 10.3 Å². The van der Waals surface area contributed by atoms with Gasteiger partial charge in [0.25, 0.3) is 0 Å².